The maximum Gasteiger partial charge on any atom is 0.227 e. The van der Waals surface area contributed by atoms with Crippen LogP contribution in [0.5, 0.6) is 0 Å². The van der Waals surface area contributed by atoms with Gasteiger partial charge in [-0.1, -0.05) is 38.5 Å². The predicted molar refractivity (Wildman–Crippen MR) is 79.8 cm³/mol. The van der Waals surface area contributed by atoms with Crippen LogP contribution in [0.4, 0.5) is 0 Å². The number of hydrogen-bond acceptors (Lipinski definition) is 1. The highest BCUT2D eigenvalue weighted by Gasteiger charge is 2.41. The number of carbonyl (C=O) groups excluding carboxylic acids is 1. The monoisotopic (exact) mass is 261 g/mol. The Labute approximate surface area is 117 Å². The molecule has 1 aliphatic carbocycles. The van der Waals surface area contributed by atoms with Crippen LogP contribution in [0.25, 0.3) is 0 Å². The summed E-state index contributed by atoms with van der Waals surface area (Å²) < 4.78 is 0. The lowest BCUT2D eigenvalue weighted by atomic mass is 9.76. The molecule has 0 aromatic rings. The van der Waals surface area contributed by atoms with Gasteiger partial charge < -0.3 is 4.90 Å². The number of amides is 1. The lowest BCUT2D eigenvalue weighted by Crippen LogP contribution is -2.50. The molecule has 1 aliphatic heterocycles. The zero-order valence-corrected chi connectivity index (χ0v) is 13.2. The largest absolute Gasteiger partial charge is 0.333 e. The van der Waals surface area contributed by atoms with Gasteiger partial charge in [-0.3, -0.25) is 4.79 Å². The van der Waals surface area contributed by atoms with E-state index in [0.717, 1.165) is 19.4 Å². The van der Waals surface area contributed by atoms with Crippen LogP contribution in [-0.4, -0.2) is 22.9 Å². The first-order chi connectivity index (χ1) is 8.60. The topological polar surface area (TPSA) is 20.3 Å². The van der Waals surface area contributed by atoms with Gasteiger partial charge in [-0.05, 0) is 44.6 Å². The minimum Gasteiger partial charge on any atom is -0.333 e. The summed E-state index contributed by atoms with van der Waals surface area (Å²) in [5.74, 6) is 0.418. The molecule has 0 N–H and O–H groups in total. The second-order valence-electron chi connectivity index (χ2n) is 7.95. The van der Waals surface area contributed by atoms with Crippen molar-refractivity contribution in [1.29, 1.82) is 0 Å². The summed E-state index contributed by atoms with van der Waals surface area (Å²) in [5.41, 5.74) is 2.75. The van der Waals surface area contributed by atoms with Crippen molar-refractivity contribution in [3.63, 3.8) is 0 Å². The van der Waals surface area contributed by atoms with Crippen molar-refractivity contribution in [3.05, 3.63) is 23.3 Å². The van der Waals surface area contributed by atoms with Gasteiger partial charge in [0.25, 0.3) is 0 Å². The van der Waals surface area contributed by atoms with Gasteiger partial charge in [0.05, 0.1) is 0 Å². The van der Waals surface area contributed by atoms with Crippen LogP contribution < -0.4 is 0 Å². The summed E-state index contributed by atoms with van der Waals surface area (Å²) in [5, 5.41) is 0. The number of nitrogens with zero attached hydrogens (tertiary/aromatic N) is 1. The zero-order valence-electron chi connectivity index (χ0n) is 13.2. The fraction of sp³-hybridized carbons (Fsp3) is 0.706. The van der Waals surface area contributed by atoms with E-state index in [1.165, 1.54) is 11.1 Å². The van der Waals surface area contributed by atoms with Gasteiger partial charge in [-0.2, -0.15) is 0 Å². The van der Waals surface area contributed by atoms with E-state index in [-0.39, 0.29) is 16.9 Å². The second kappa shape index (κ2) is 4.50. The molecule has 0 saturated heterocycles. The molecule has 0 saturated carbocycles. The minimum absolute atomic E-state index is 0.0195. The molecule has 2 aliphatic rings. The molecule has 2 nitrogen and oxygen atoms in total. The Morgan fingerprint density at radius 3 is 2.32 bits per heavy atom. The molecular formula is C17H27NO. The molecule has 0 spiro atoms. The Kier molecular flexibility index (Phi) is 3.40. The van der Waals surface area contributed by atoms with E-state index in [2.05, 4.69) is 58.6 Å². The van der Waals surface area contributed by atoms with Gasteiger partial charge in [0.1, 0.15) is 0 Å². The van der Waals surface area contributed by atoms with Crippen LogP contribution in [0.3, 0.4) is 0 Å². The van der Waals surface area contributed by atoms with Gasteiger partial charge in [0, 0.05) is 18.0 Å². The van der Waals surface area contributed by atoms with Crippen LogP contribution >= 0.6 is 0 Å². The fourth-order valence-electron chi connectivity index (χ4n) is 2.99. The first-order valence-corrected chi connectivity index (χ1v) is 7.29. The van der Waals surface area contributed by atoms with Crippen molar-refractivity contribution in [1.82, 2.24) is 4.90 Å². The van der Waals surface area contributed by atoms with E-state index in [0.29, 0.717) is 5.91 Å². The predicted octanol–water partition coefficient (Wildman–Crippen LogP) is 3.94. The fourth-order valence-corrected chi connectivity index (χ4v) is 2.99. The summed E-state index contributed by atoms with van der Waals surface area (Å²) in [7, 11) is 0. The van der Waals surface area contributed by atoms with Crippen molar-refractivity contribution in [2.75, 3.05) is 6.54 Å². The average molecular weight is 261 g/mol. The maximum absolute atomic E-state index is 12.9. The highest BCUT2D eigenvalue weighted by molar-refractivity contribution is 5.82. The normalized spacial score (nSPS) is 24.8. The SMILES string of the molecule is CC(C)(C)C1CC2=C(C=CC2)CN(C(C)(C)C)C1=O. The molecule has 106 valence electrons. The standard InChI is InChI=1S/C17H27NO/c1-16(2,3)14-10-12-8-7-9-13(12)11-18(15(14)19)17(4,5)6/h7,9,14H,8,10-11H2,1-6H3. The number of allylic oxidation sites excluding steroid dienone is 2. The van der Waals surface area contributed by atoms with Crippen molar-refractivity contribution in [2.45, 2.75) is 59.9 Å². The van der Waals surface area contributed by atoms with E-state index < -0.39 is 0 Å². The molecule has 19 heavy (non-hydrogen) atoms. The molecule has 2 rings (SSSR count). The summed E-state index contributed by atoms with van der Waals surface area (Å²) in [4.78, 5) is 15.0. The third-order valence-corrected chi connectivity index (χ3v) is 4.34. The van der Waals surface area contributed by atoms with Gasteiger partial charge >= 0.3 is 0 Å². The quantitative estimate of drug-likeness (QED) is 0.647. The molecule has 0 fully saturated rings. The number of carbonyl (C=O) groups is 1. The summed E-state index contributed by atoms with van der Waals surface area (Å²) in [6, 6.07) is 0. The first kappa shape index (κ1) is 14.4. The molecule has 0 radical (unpaired) electrons. The molecule has 0 aromatic heterocycles. The second-order valence-corrected chi connectivity index (χ2v) is 7.95. The maximum atomic E-state index is 12.9. The zero-order chi connectivity index (χ0) is 14.4. The van der Waals surface area contributed by atoms with Gasteiger partial charge in [0.15, 0.2) is 0 Å². The highest BCUT2D eigenvalue weighted by Crippen LogP contribution is 2.40. The third kappa shape index (κ3) is 2.77. The van der Waals surface area contributed by atoms with E-state index in [1.54, 1.807) is 0 Å². The molecule has 1 amide bonds. The number of hydrogen-bond donors (Lipinski definition) is 0. The van der Waals surface area contributed by atoms with Gasteiger partial charge in [-0.15, -0.1) is 0 Å². The Hall–Kier alpha value is -1.05. The summed E-state index contributed by atoms with van der Waals surface area (Å²) in [6.45, 7) is 13.7. The Morgan fingerprint density at radius 1 is 1.16 bits per heavy atom. The molecule has 2 heteroatoms. The average Bonchev–Trinajstić information content (AvgIpc) is 2.60. The van der Waals surface area contributed by atoms with Crippen LogP contribution in [0.15, 0.2) is 23.3 Å². The molecular weight excluding hydrogens is 234 g/mol. The van der Waals surface area contributed by atoms with Crippen molar-refractivity contribution >= 4 is 5.91 Å². The van der Waals surface area contributed by atoms with E-state index in [4.69, 9.17) is 0 Å². The highest BCUT2D eigenvalue weighted by atomic mass is 16.2. The summed E-state index contributed by atoms with van der Waals surface area (Å²) in [6.07, 6.45) is 6.41. The van der Waals surface area contributed by atoms with E-state index in [9.17, 15) is 4.79 Å². The minimum atomic E-state index is -0.112. The van der Waals surface area contributed by atoms with Crippen molar-refractivity contribution in [3.8, 4) is 0 Å². The molecule has 0 aromatic carbocycles. The van der Waals surface area contributed by atoms with E-state index >= 15 is 0 Å². The van der Waals surface area contributed by atoms with Gasteiger partial charge in [-0.25, -0.2) is 0 Å². The lowest BCUT2D eigenvalue weighted by molar-refractivity contribution is -0.142. The van der Waals surface area contributed by atoms with E-state index in [1.807, 2.05) is 0 Å². The third-order valence-electron chi connectivity index (χ3n) is 4.34. The Bertz CT molecular complexity index is 443. The van der Waals surface area contributed by atoms with Gasteiger partial charge in [0.2, 0.25) is 5.91 Å². The molecule has 1 unspecified atom stereocenters. The van der Waals surface area contributed by atoms with Crippen molar-refractivity contribution in [2.24, 2.45) is 11.3 Å². The lowest BCUT2D eigenvalue weighted by Gasteiger charge is -2.40. The molecule has 0 bridgehead atoms. The Morgan fingerprint density at radius 2 is 1.79 bits per heavy atom. The first-order valence-electron chi connectivity index (χ1n) is 7.29. The summed E-state index contributed by atoms with van der Waals surface area (Å²) >= 11 is 0. The van der Waals surface area contributed by atoms with Crippen LogP contribution in [0, 0.1) is 11.3 Å². The van der Waals surface area contributed by atoms with Crippen molar-refractivity contribution < 1.29 is 4.79 Å². The van der Waals surface area contributed by atoms with Crippen LogP contribution in [-0.2, 0) is 4.79 Å². The Balaban J connectivity index is 2.41. The van der Waals surface area contributed by atoms with Crippen LogP contribution in [0.1, 0.15) is 54.4 Å². The molecule has 1 atom stereocenters. The molecule has 1 heterocycles. The van der Waals surface area contributed by atoms with Crippen LogP contribution in [0.2, 0.25) is 0 Å². The smallest absolute Gasteiger partial charge is 0.227 e. The number of rotatable bonds is 0.